The largest absolute Gasteiger partial charge is 0.357 e. The second-order valence-corrected chi connectivity index (χ2v) is 6.67. The Hall–Kier alpha value is -1.57. The lowest BCUT2D eigenvalue weighted by atomic mass is 10.1. The molecule has 0 unspecified atom stereocenters. The van der Waals surface area contributed by atoms with Crippen molar-refractivity contribution in [3.63, 3.8) is 0 Å². The molecule has 1 aromatic rings. The number of nitrogens with one attached hydrogen (secondary N) is 2. The fourth-order valence-electron chi connectivity index (χ4n) is 3.36. The number of hydrogen-bond donors (Lipinski definition) is 2. The van der Waals surface area contributed by atoms with Crippen LogP contribution in [0.1, 0.15) is 43.7 Å². The van der Waals surface area contributed by atoms with E-state index in [4.69, 9.17) is 4.99 Å². The van der Waals surface area contributed by atoms with Gasteiger partial charge in [0, 0.05) is 32.1 Å². The van der Waals surface area contributed by atoms with E-state index in [9.17, 15) is 4.79 Å². The smallest absolute Gasteiger partial charge is 0.222 e. The topological polar surface area (TPSA) is 56.7 Å². The molecule has 2 aliphatic rings. The molecule has 3 rings (SSSR count). The molecule has 1 amide bonds. The van der Waals surface area contributed by atoms with E-state index in [0.717, 1.165) is 38.3 Å². The molecule has 1 aliphatic heterocycles. The molecule has 1 fully saturated rings. The first-order valence-electron chi connectivity index (χ1n) is 9.30. The molecule has 5 nitrogen and oxygen atoms in total. The van der Waals surface area contributed by atoms with Gasteiger partial charge in [-0.15, -0.1) is 24.0 Å². The van der Waals surface area contributed by atoms with Crippen molar-refractivity contribution in [1.29, 1.82) is 0 Å². The number of halogens is 1. The van der Waals surface area contributed by atoms with E-state index < -0.39 is 0 Å². The van der Waals surface area contributed by atoms with E-state index in [1.165, 1.54) is 11.1 Å². The molecule has 142 valence electrons. The Morgan fingerprint density at radius 1 is 1.23 bits per heavy atom. The van der Waals surface area contributed by atoms with Gasteiger partial charge in [-0.2, -0.15) is 0 Å². The zero-order chi connectivity index (χ0) is 17.5. The minimum Gasteiger partial charge on any atom is -0.357 e. The van der Waals surface area contributed by atoms with Gasteiger partial charge in [0.15, 0.2) is 5.96 Å². The Bertz CT molecular complexity index is 651. The van der Waals surface area contributed by atoms with E-state index in [1.54, 1.807) is 0 Å². The maximum atomic E-state index is 11.9. The average molecular weight is 468 g/mol. The fourth-order valence-corrected chi connectivity index (χ4v) is 3.36. The van der Waals surface area contributed by atoms with Crippen LogP contribution in [0.5, 0.6) is 0 Å². The van der Waals surface area contributed by atoms with Gasteiger partial charge in [0.1, 0.15) is 0 Å². The molecule has 0 saturated carbocycles. The standard InChI is InChI=1S/C20H28N4O.HI/c1-2-21-20(23-18-10-5-6-11-18)22-14-16-8-3-4-9-17(16)15-24-13-7-12-19(24)25;/h3-6,8-9,18H,2,7,10-15H2,1H3,(H2,21,22,23);1H. The van der Waals surface area contributed by atoms with E-state index in [0.29, 0.717) is 25.6 Å². The van der Waals surface area contributed by atoms with Crippen molar-refractivity contribution in [2.75, 3.05) is 13.1 Å². The Morgan fingerprint density at radius 2 is 1.96 bits per heavy atom. The third-order valence-electron chi connectivity index (χ3n) is 4.75. The highest BCUT2D eigenvalue weighted by Crippen LogP contribution is 2.18. The van der Waals surface area contributed by atoms with Crippen LogP contribution in [0.15, 0.2) is 41.4 Å². The molecule has 1 aliphatic carbocycles. The molecule has 0 bridgehead atoms. The zero-order valence-corrected chi connectivity index (χ0v) is 17.7. The van der Waals surface area contributed by atoms with Gasteiger partial charge in [-0.05, 0) is 37.3 Å². The van der Waals surface area contributed by atoms with Crippen LogP contribution in [0.25, 0.3) is 0 Å². The summed E-state index contributed by atoms with van der Waals surface area (Å²) in [5.41, 5.74) is 2.38. The predicted octanol–water partition coefficient (Wildman–Crippen LogP) is 3.20. The normalized spacial score (nSPS) is 17.5. The van der Waals surface area contributed by atoms with Crippen LogP contribution in [0.3, 0.4) is 0 Å². The first kappa shape index (κ1) is 20.7. The second-order valence-electron chi connectivity index (χ2n) is 6.67. The number of nitrogens with zero attached hydrogens (tertiary/aromatic N) is 2. The molecular formula is C20H29IN4O. The van der Waals surface area contributed by atoms with Crippen LogP contribution in [0, 0.1) is 0 Å². The number of rotatable bonds is 6. The van der Waals surface area contributed by atoms with Crippen LogP contribution in [-0.2, 0) is 17.9 Å². The minimum atomic E-state index is 0. The van der Waals surface area contributed by atoms with Crippen LogP contribution in [-0.4, -0.2) is 35.9 Å². The maximum Gasteiger partial charge on any atom is 0.222 e. The van der Waals surface area contributed by atoms with Crippen molar-refractivity contribution in [3.05, 3.63) is 47.5 Å². The number of hydrogen-bond acceptors (Lipinski definition) is 2. The number of carbonyl (C=O) groups excluding carboxylic acids is 1. The van der Waals surface area contributed by atoms with Crippen molar-refractivity contribution < 1.29 is 4.79 Å². The van der Waals surface area contributed by atoms with Crippen molar-refractivity contribution in [2.45, 2.75) is 51.7 Å². The summed E-state index contributed by atoms with van der Waals surface area (Å²) < 4.78 is 0. The fraction of sp³-hybridized carbons (Fsp3) is 0.500. The van der Waals surface area contributed by atoms with Gasteiger partial charge >= 0.3 is 0 Å². The summed E-state index contributed by atoms with van der Waals surface area (Å²) in [6, 6.07) is 8.74. The monoisotopic (exact) mass is 468 g/mol. The number of benzene rings is 1. The third-order valence-corrected chi connectivity index (χ3v) is 4.75. The van der Waals surface area contributed by atoms with Gasteiger partial charge in [-0.3, -0.25) is 4.79 Å². The minimum absolute atomic E-state index is 0. The van der Waals surface area contributed by atoms with E-state index in [-0.39, 0.29) is 29.9 Å². The van der Waals surface area contributed by atoms with Crippen LogP contribution in [0.4, 0.5) is 0 Å². The van der Waals surface area contributed by atoms with Gasteiger partial charge in [0.25, 0.3) is 0 Å². The Morgan fingerprint density at radius 3 is 2.62 bits per heavy atom. The van der Waals surface area contributed by atoms with Crippen molar-refractivity contribution in [3.8, 4) is 0 Å². The van der Waals surface area contributed by atoms with E-state index >= 15 is 0 Å². The highest BCUT2D eigenvalue weighted by molar-refractivity contribution is 14.0. The van der Waals surface area contributed by atoms with Crippen molar-refractivity contribution >= 4 is 35.8 Å². The molecule has 26 heavy (non-hydrogen) atoms. The molecule has 0 radical (unpaired) electrons. The Balaban J connectivity index is 0.00000243. The maximum absolute atomic E-state index is 11.9. The summed E-state index contributed by atoms with van der Waals surface area (Å²) in [5.74, 6) is 1.13. The van der Waals surface area contributed by atoms with Crippen LogP contribution >= 0.6 is 24.0 Å². The van der Waals surface area contributed by atoms with Crippen LogP contribution in [0.2, 0.25) is 0 Å². The molecule has 1 aromatic carbocycles. The van der Waals surface area contributed by atoms with Gasteiger partial charge in [0.05, 0.1) is 6.54 Å². The molecule has 0 atom stereocenters. The van der Waals surface area contributed by atoms with Gasteiger partial charge < -0.3 is 15.5 Å². The number of guanidine groups is 1. The second kappa shape index (κ2) is 10.5. The first-order valence-corrected chi connectivity index (χ1v) is 9.30. The summed E-state index contributed by atoms with van der Waals surface area (Å²) >= 11 is 0. The molecule has 1 heterocycles. The quantitative estimate of drug-likeness (QED) is 0.292. The van der Waals surface area contributed by atoms with Gasteiger partial charge in [0.2, 0.25) is 5.91 Å². The predicted molar refractivity (Wildman–Crippen MR) is 117 cm³/mol. The average Bonchev–Trinajstić information content (AvgIpc) is 3.26. The summed E-state index contributed by atoms with van der Waals surface area (Å²) in [4.78, 5) is 18.6. The summed E-state index contributed by atoms with van der Waals surface area (Å²) in [5, 5.41) is 6.82. The molecule has 0 spiro atoms. The number of carbonyl (C=O) groups is 1. The third kappa shape index (κ3) is 5.72. The highest BCUT2D eigenvalue weighted by atomic mass is 127. The Kier molecular flexibility index (Phi) is 8.41. The summed E-state index contributed by atoms with van der Waals surface area (Å²) in [6.45, 7) is 5.11. The number of likely N-dealkylation sites (tertiary alicyclic amines) is 1. The van der Waals surface area contributed by atoms with Crippen molar-refractivity contribution in [1.82, 2.24) is 15.5 Å². The lowest BCUT2D eigenvalue weighted by molar-refractivity contribution is -0.128. The van der Waals surface area contributed by atoms with Crippen LogP contribution < -0.4 is 10.6 Å². The van der Waals surface area contributed by atoms with Crippen molar-refractivity contribution in [2.24, 2.45) is 4.99 Å². The first-order chi connectivity index (χ1) is 12.3. The lowest BCUT2D eigenvalue weighted by Crippen LogP contribution is -2.42. The van der Waals surface area contributed by atoms with Gasteiger partial charge in [-0.1, -0.05) is 36.4 Å². The number of aliphatic imine (C=N–C) groups is 1. The lowest BCUT2D eigenvalue weighted by Gasteiger charge is -2.19. The highest BCUT2D eigenvalue weighted by Gasteiger charge is 2.20. The molecular weight excluding hydrogens is 439 g/mol. The SMILES string of the molecule is CCNC(=NCc1ccccc1CN1CCCC1=O)NC1CC=CC1.I. The summed E-state index contributed by atoms with van der Waals surface area (Å²) in [7, 11) is 0. The Labute approximate surface area is 173 Å². The molecule has 0 aromatic heterocycles. The van der Waals surface area contributed by atoms with E-state index in [1.807, 2.05) is 17.0 Å². The molecule has 2 N–H and O–H groups in total. The molecule has 1 saturated heterocycles. The van der Waals surface area contributed by atoms with Gasteiger partial charge in [-0.25, -0.2) is 4.99 Å². The van der Waals surface area contributed by atoms with E-state index in [2.05, 4.69) is 41.8 Å². The molecule has 6 heteroatoms. The zero-order valence-electron chi connectivity index (χ0n) is 15.4. The number of amides is 1. The summed E-state index contributed by atoms with van der Waals surface area (Å²) in [6.07, 6.45) is 8.19.